The van der Waals surface area contributed by atoms with E-state index in [1.54, 1.807) is 0 Å². The lowest BCUT2D eigenvalue weighted by Gasteiger charge is -2.15. The van der Waals surface area contributed by atoms with Gasteiger partial charge in [0.05, 0.1) is 0 Å². The molecule has 0 saturated heterocycles. The van der Waals surface area contributed by atoms with Gasteiger partial charge in [-0.25, -0.2) is 4.57 Å². The Morgan fingerprint density at radius 1 is 0.625 bits per heavy atom. The molecule has 0 aromatic carbocycles. The number of nitrogens with zero attached hydrogens (tertiary/aromatic N) is 1. The fourth-order valence-corrected chi connectivity index (χ4v) is 2.61. The minimum Gasteiger partial charge on any atom is -0.306 e. The van der Waals surface area contributed by atoms with Gasteiger partial charge in [-0.15, -0.1) is 0 Å². The fraction of sp³-hybridized carbons (Fsp3) is 1.00. The van der Waals surface area contributed by atoms with Gasteiger partial charge in [0.25, 0.3) is 0 Å². The van der Waals surface area contributed by atoms with Gasteiger partial charge in [-0.05, 0) is 33.0 Å². The van der Waals surface area contributed by atoms with Crippen molar-refractivity contribution in [2.75, 3.05) is 20.1 Å². The van der Waals surface area contributed by atoms with Crippen molar-refractivity contribution in [2.45, 2.75) is 97.3 Å². The van der Waals surface area contributed by atoms with Crippen LogP contribution in [0.3, 0.4) is 0 Å². The summed E-state index contributed by atoms with van der Waals surface area (Å²) in [6.45, 7) is 7.17. The summed E-state index contributed by atoms with van der Waals surface area (Å²) in [7, 11) is -2.36. The van der Waals surface area contributed by atoms with Gasteiger partial charge in [0, 0.05) is 0 Å². The second-order valence-corrected chi connectivity index (χ2v) is 7.73. The third kappa shape index (κ3) is 33.6. The van der Waals surface area contributed by atoms with Crippen LogP contribution in [-0.4, -0.2) is 39.7 Å². The van der Waals surface area contributed by atoms with Crippen LogP contribution in [0.1, 0.15) is 97.3 Å². The van der Waals surface area contributed by atoms with E-state index in [2.05, 4.69) is 25.8 Å². The average molecular weight is 368 g/mol. The van der Waals surface area contributed by atoms with Crippen LogP contribution in [0.2, 0.25) is 0 Å². The van der Waals surface area contributed by atoms with Crippen LogP contribution in [0.4, 0.5) is 0 Å². The second-order valence-electron chi connectivity index (χ2n) is 6.71. The van der Waals surface area contributed by atoms with Gasteiger partial charge in [-0.1, -0.05) is 84.5 Å². The molecule has 0 rings (SSSR count). The maximum Gasteiger partial charge on any atom is 0.466 e. The lowest BCUT2D eigenvalue weighted by Crippen LogP contribution is -2.20. The largest absolute Gasteiger partial charge is 0.466 e. The Kier molecular flexibility index (Phi) is 21.3. The molecule has 0 aliphatic heterocycles. The maximum absolute atomic E-state index is 8.88. The zero-order chi connectivity index (χ0) is 18.7. The first-order valence-corrected chi connectivity index (χ1v) is 11.3. The third-order valence-corrected chi connectivity index (χ3v) is 4.04. The molecule has 0 radical (unpaired) electrons. The highest BCUT2D eigenvalue weighted by Crippen LogP contribution is 2.25. The highest BCUT2D eigenvalue weighted by molar-refractivity contribution is 7.45. The van der Waals surface area contributed by atoms with E-state index in [1.165, 1.54) is 96.6 Å². The van der Waals surface area contributed by atoms with Crippen molar-refractivity contribution < 1.29 is 19.2 Å². The van der Waals surface area contributed by atoms with E-state index >= 15 is 0 Å². The van der Waals surface area contributed by atoms with E-state index in [0.29, 0.717) is 0 Å². The van der Waals surface area contributed by atoms with Crippen molar-refractivity contribution in [3.63, 3.8) is 0 Å². The molecule has 0 atom stereocenters. The molecule has 0 fully saturated rings. The molecular weight excluding hydrogens is 325 g/mol. The Bertz CT molecular complexity index is 276. The highest BCUT2D eigenvalue weighted by atomic mass is 31.2. The van der Waals surface area contributed by atoms with Gasteiger partial charge in [0.1, 0.15) is 0 Å². The Hall–Kier alpha value is 0.0700. The fourth-order valence-electron chi connectivity index (χ4n) is 2.61. The van der Waals surface area contributed by atoms with Crippen molar-refractivity contribution in [3.05, 3.63) is 0 Å². The van der Waals surface area contributed by atoms with Crippen LogP contribution in [0.25, 0.3) is 0 Å². The molecule has 0 heterocycles. The summed E-state index contributed by atoms with van der Waals surface area (Å²) in [6, 6.07) is 0. The third-order valence-electron chi connectivity index (χ3n) is 4.04. The van der Waals surface area contributed by atoms with E-state index in [0.717, 1.165) is 0 Å². The van der Waals surface area contributed by atoms with Crippen LogP contribution in [0.5, 0.6) is 0 Å². The molecule has 6 heteroatoms. The highest BCUT2D eigenvalue weighted by Gasteiger charge is 2.00. The van der Waals surface area contributed by atoms with Crippen molar-refractivity contribution >= 4 is 7.82 Å². The first-order valence-electron chi connectivity index (χ1n) is 9.78. The van der Waals surface area contributed by atoms with Gasteiger partial charge in [-0.3, -0.25) is 0 Å². The summed E-state index contributed by atoms with van der Waals surface area (Å²) in [4.78, 5) is 24.1. The van der Waals surface area contributed by atoms with Gasteiger partial charge >= 0.3 is 7.82 Å². The molecule has 0 amide bonds. The molecule has 24 heavy (non-hydrogen) atoms. The van der Waals surface area contributed by atoms with E-state index in [9.17, 15) is 0 Å². The molecule has 5 nitrogen and oxygen atoms in total. The number of rotatable bonds is 15. The molecular formula is C18H42NO4P. The molecule has 0 saturated carbocycles. The predicted molar refractivity (Wildman–Crippen MR) is 103 cm³/mol. The summed E-state index contributed by atoms with van der Waals surface area (Å²) in [5, 5.41) is 0. The van der Waals surface area contributed by atoms with Crippen LogP contribution in [0.15, 0.2) is 0 Å². The topological polar surface area (TPSA) is 81.0 Å². The smallest absolute Gasteiger partial charge is 0.306 e. The van der Waals surface area contributed by atoms with Crippen molar-refractivity contribution in [3.8, 4) is 0 Å². The number of hydrogen-bond donors (Lipinski definition) is 3. The van der Waals surface area contributed by atoms with Crippen molar-refractivity contribution in [1.29, 1.82) is 0 Å². The molecule has 0 aliphatic carbocycles. The average Bonchev–Trinajstić information content (AvgIpc) is 2.48. The van der Waals surface area contributed by atoms with Gasteiger partial charge in [-0.2, -0.15) is 0 Å². The zero-order valence-electron chi connectivity index (χ0n) is 16.3. The first kappa shape index (κ1) is 26.3. The normalized spacial score (nSPS) is 11.5. The Labute approximate surface area is 150 Å². The minimum absolute atomic E-state index is 1.30. The predicted octanol–water partition coefficient (Wildman–Crippen LogP) is 5.10. The van der Waals surface area contributed by atoms with E-state index in [-0.39, 0.29) is 0 Å². The lowest BCUT2D eigenvalue weighted by atomic mass is 10.1. The zero-order valence-corrected chi connectivity index (χ0v) is 17.1. The quantitative estimate of drug-likeness (QED) is 0.277. The van der Waals surface area contributed by atoms with Crippen molar-refractivity contribution in [2.24, 2.45) is 0 Å². The molecule has 0 spiro atoms. The van der Waals surface area contributed by atoms with Crippen LogP contribution >= 0.6 is 7.82 Å². The SMILES string of the molecule is CCCCCCCCCCCCN(C)CCCCC.O=P(O)(O)O. The van der Waals surface area contributed by atoms with Gasteiger partial charge in [0.2, 0.25) is 0 Å². The monoisotopic (exact) mass is 367 g/mol. The Morgan fingerprint density at radius 3 is 1.25 bits per heavy atom. The standard InChI is InChI=1S/C18H39N.H3O4P/c1-4-6-8-9-10-11-12-13-14-16-18-19(3)17-15-7-5-2;1-5(2,3)4/h4-18H2,1-3H3;(H3,1,2,3,4). The summed E-state index contributed by atoms with van der Waals surface area (Å²) in [5.74, 6) is 0. The van der Waals surface area contributed by atoms with E-state index in [1.807, 2.05) is 0 Å². The summed E-state index contributed by atoms with van der Waals surface area (Å²) < 4.78 is 8.88. The van der Waals surface area contributed by atoms with E-state index in [4.69, 9.17) is 19.2 Å². The van der Waals surface area contributed by atoms with Gasteiger partial charge < -0.3 is 19.6 Å². The van der Waals surface area contributed by atoms with Gasteiger partial charge in [0.15, 0.2) is 0 Å². The summed E-state index contributed by atoms with van der Waals surface area (Å²) in [5.41, 5.74) is 0. The number of unbranched alkanes of at least 4 members (excludes halogenated alkanes) is 11. The van der Waals surface area contributed by atoms with Crippen LogP contribution in [-0.2, 0) is 4.57 Å². The van der Waals surface area contributed by atoms with Crippen LogP contribution < -0.4 is 0 Å². The van der Waals surface area contributed by atoms with E-state index < -0.39 is 7.82 Å². The molecule has 0 unspecified atom stereocenters. The molecule has 148 valence electrons. The summed E-state index contributed by atoms with van der Waals surface area (Å²) >= 11 is 0. The second kappa shape index (κ2) is 19.4. The Balaban J connectivity index is 0. The minimum atomic E-state index is -4.64. The maximum atomic E-state index is 8.88. The number of hydrogen-bond acceptors (Lipinski definition) is 2. The Morgan fingerprint density at radius 2 is 0.875 bits per heavy atom. The summed E-state index contributed by atoms with van der Waals surface area (Å²) in [6.07, 6.45) is 18.5. The molecule has 0 aliphatic rings. The lowest BCUT2D eigenvalue weighted by molar-refractivity contribution is 0.275. The molecule has 3 N–H and O–H groups in total. The van der Waals surface area contributed by atoms with Crippen molar-refractivity contribution in [1.82, 2.24) is 4.90 Å². The molecule has 0 aromatic heterocycles. The molecule has 0 aromatic rings. The molecule has 0 bridgehead atoms. The number of phosphoric acid groups is 1. The van der Waals surface area contributed by atoms with Crippen LogP contribution in [0, 0.1) is 0 Å². The first-order chi connectivity index (χ1) is 11.3.